The van der Waals surface area contributed by atoms with Crippen molar-refractivity contribution in [2.45, 2.75) is 37.8 Å². The van der Waals surface area contributed by atoms with Crippen LogP contribution in [0.5, 0.6) is 0 Å². The fourth-order valence-electron chi connectivity index (χ4n) is 3.48. The van der Waals surface area contributed by atoms with Crippen LogP contribution in [0.25, 0.3) is 0 Å². The van der Waals surface area contributed by atoms with Crippen LogP contribution in [0.1, 0.15) is 36.5 Å². The smallest absolute Gasteiger partial charge is 0.238 e. The van der Waals surface area contributed by atoms with Gasteiger partial charge in [-0.05, 0) is 61.2 Å². The van der Waals surface area contributed by atoms with Gasteiger partial charge in [0.15, 0.2) is 0 Å². The molecule has 1 aliphatic rings. The normalized spacial score (nSPS) is 15.9. The van der Waals surface area contributed by atoms with Crippen LogP contribution < -0.4 is 10.5 Å². The zero-order valence-electron chi connectivity index (χ0n) is 16.1. The summed E-state index contributed by atoms with van der Waals surface area (Å²) < 4.78 is 23.0. The molecule has 1 heterocycles. The number of anilines is 1. The zero-order chi connectivity index (χ0) is 20.1. The van der Waals surface area contributed by atoms with Gasteiger partial charge in [0, 0.05) is 13.1 Å². The first-order chi connectivity index (χ1) is 13.4. The first-order valence-electron chi connectivity index (χ1n) is 9.47. The van der Waals surface area contributed by atoms with Crippen molar-refractivity contribution in [1.29, 1.82) is 5.26 Å². The van der Waals surface area contributed by atoms with Gasteiger partial charge >= 0.3 is 0 Å². The van der Waals surface area contributed by atoms with Gasteiger partial charge in [0.05, 0.1) is 16.1 Å². The number of hydrogen-bond acceptors (Lipinski definition) is 5. The number of nitrogens with two attached hydrogens (primary N) is 1. The molecule has 28 heavy (non-hydrogen) atoms. The Hall–Kier alpha value is -2.40. The maximum Gasteiger partial charge on any atom is 0.238 e. The van der Waals surface area contributed by atoms with E-state index in [1.54, 1.807) is 6.07 Å². The summed E-state index contributed by atoms with van der Waals surface area (Å²) in [6.45, 7) is 6.03. The van der Waals surface area contributed by atoms with E-state index in [4.69, 9.17) is 5.14 Å². The Morgan fingerprint density at radius 3 is 2.50 bits per heavy atom. The molecule has 2 aromatic rings. The molecule has 0 bridgehead atoms. The van der Waals surface area contributed by atoms with Crippen LogP contribution in [0.4, 0.5) is 5.69 Å². The minimum atomic E-state index is -3.83. The number of sulfonamides is 1. The highest BCUT2D eigenvalue weighted by atomic mass is 32.2. The highest BCUT2D eigenvalue weighted by Gasteiger charge is 2.17. The number of benzene rings is 2. The quantitative estimate of drug-likeness (QED) is 0.779. The third kappa shape index (κ3) is 5.10. The molecule has 0 unspecified atom stereocenters. The second-order valence-electron chi connectivity index (χ2n) is 7.45. The van der Waals surface area contributed by atoms with Crippen molar-refractivity contribution in [2.75, 3.05) is 18.4 Å². The van der Waals surface area contributed by atoms with E-state index in [0.717, 1.165) is 25.6 Å². The lowest BCUT2D eigenvalue weighted by Crippen LogP contribution is -2.32. The Bertz CT molecular complexity index is 974. The van der Waals surface area contributed by atoms with Crippen LogP contribution in [-0.4, -0.2) is 26.4 Å². The summed E-state index contributed by atoms with van der Waals surface area (Å²) in [5.41, 5.74) is 3.29. The van der Waals surface area contributed by atoms with Gasteiger partial charge in [-0.3, -0.25) is 4.90 Å². The van der Waals surface area contributed by atoms with Crippen molar-refractivity contribution < 1.29 is 8.42 Å². The molecule has 0 spiro atoms. The van der Waals surface area contributed by atoms with E-state index in [-0.39, 0.29) is 10.5 Å². The van der Waals surface area contributed by atoms with Crippen LogP contribution in [0, 0.1) is 17.2 Å². The molecule has 2 aromatic carbocycles. The summed E-state index contributed by atoms with van der Waals surface area (Å²) in [6, 6.07) is 14.6. The van der Waals surface area contributed by atoms with E-state index in [2.05, 4.69) is 29.3 Å². The van der Waals surface area contributed by atoms with Crippen molar-refractivity contribution in [1.82, 2.24) is 4.90 Å². The second-order valence-corrected chi connectivity index (χ2v) is 9.01. The van der Waals surface area contributed by atoms with Crippen LogP contribution >= 0.6 is 0 Å². The Kier molecular flexibility index (Phi) is 6.35. The van der Waals surface area contributed by atoms with E-state index in [9.17, 15) is 13.7 Å². The minimum absolute atomic E-state index is 0.0608. The molecular weight excluding hydrogens is 372 g/mol. The molecule has 1 fully saturated rings. The molecule has 3 N–H and O–H groups in total. The predicted molar refractivity (Wildman–Crippen MR) is 110 cm³/mol. The zero-order valence-corrected chi connectivity index (χ0v) is 16.9. The molecule has 1 saturated heterocycles. The lowest BCUT2D eigenvalue weighted by atomic mass is 9.98. The molecule has 6 nitrogen and oxygen atoms in total. The van der Waals surface area contributed by atoms with Gasteiger partial charge in [-0.15, -0.1) is 0 Å². The van der Waals surface area contributed by atoms with Gasteiger partial charge in [-0.1, -0.05) is 31.2 Å². The minimum Gasteiger partial charge on any atom is -0.380 e. The van der Waals surface area contributed by atoms with Gasteiger partial charge in [0.25, 0.3) is 0 Å². The van der Waals surface area contributed by atoms with Gasteiger partial charge in [-0.2, -0.15) is 5.26 Å². The summed E-state index contributed by atoms with van der Waals surface area (Å²) >= 11 is 0. The third-order valence-electron chi connectivity index (χ3n) is 5.30. The van der Waals surface area contributed by atoms with E-state index in [0.29, 0.717) is 12.2 Å². The van der Waals surface area contributed by atoms with Crippen LogP contribution in [0.2, 0.25) is 0 Å². The standard InChI is InChI=1S/C21H26N4O2S/c1-16-8-10-25(11-9-16)15-18-5-3-2-4-17(18)14-24-21-7-6-20(28(23,26)27)12-19(21)13-22/h2-7,12,16,24H,8-11,14-15H2,1H3,(H2,23,26,27). The van der Waals surface area contributed by atoms with Crippen molar-refractivity contribution in [2.24, 2.45) is 11.1 Å². The topological polar surface area (TPSA) is 99.2 Å². The third-order valence-corrected chi connectivity index (χ3v) is 6.21. The first kappa shape index (κ1) is 20.3. The van der Waals surface area contributed by atoms with Crippen LogP contribution in [0.3, 0.4) is 0 Å². The fraction of sp³-hybridized carbons (Fsp3) is 0.381. The Labute approximate surface area is 167 Å². The van der Waals surface area contributed by atoms with Gasteiger partial charge in [-0.25, -0.2) is 13.6 Å². The highest BCUT2D eigenvalue weighted by molar-refractivity contribution is 7.89. The Morgan fingerprint density at radius 1 is 1.18 bits per heavy atom. The molecule has 0 aromatic heterocycles. The average Bonchev–Trinajstić information content (AvgIpc) is 2.68. The van der Waals surface area contributed by atoms with Crippen LogP contribution in [-0.2, 0) is 23.1 Å². The Morgan fingerprint density at radius 2 is 1.86 bits per heavy atom. The lowest BCUT2D eigenvalue weighted by molar-refractivity contribution is 0.185. The predicted octanol–water partition coefficient (Wildman–Crippen LogP) is 3.05. The Balaban J connectivity index is 1.72. The van der Waals surface area contributed by atoms with Gasteiger partial charge in [0.1, 0.15) is 6.07 Å². The second kappa shape index (κ2) is 8.74. The van der Waals surface area contributed by atoms with Gasteiger partial charge in [0.2, 0.25) is 10.0 Å². The molecule has 7 heteroatoms. The van der Waals surface area contributed by atoms with E-state index >= 15 is 0 Å². The summed E-state index contributed by atoms with van der Waals surface area (Å²) in [5, 5.41) is 17.8. The number of nitriles is 1. The van der Waals surface area contributed by atoms with Crippen molar-refractivity contribution in [3.63, 3.8) is 0 Å². The lowest BCUT2D eigenvalue weighted by Gasteiger charge is -2.30. The summed E-state index contributed by atoms with van der Waals surface area (Å²) in [6.07, 6.45) is 2.48. The largest absolute Gasteiger partial charge is 0.380 e. The summed E-state index contributed by atoms with van der Waals surface area (Å²) in [4.78, 5) is 2.43. The summed E-state index contributed by atoms with van der Waals surface area (Å²) in [7, 11) is -3.83. The molecule has 0 saturated carbocycles. The number of piperidine rings is 1. The molecule has 148 valence electrons. The van der Waals surface area contributed by atoms with Gasteiger partial charge < -0.3 is 5.32 Å². The SMILES string of the molecule is CC1CCN(Cc2ccccc2CNc2ccc(S(N)(=O)=O)cc2C#N)CC1. The molecule has 3 rings (SSSR count). The van der Waals surface area contributed by atoms with E-state index in [1.807, 2.05) is 18.2 Å². The maximum atomic E-state index is 11.5. The molecule has 1 aliphatic heterocycles. The number of likely N-dealkylation sites (tertiary alicyclic amines) is 1. The number of nitrogens with one attached hydrogen (secondary N) is 1. The first-order valence-corrected chi connectivity index (χ1v) is 11.0. The maximum absolute atomic E-state index is 11.5. The number of hydrogen-bond donors (Lipinski definition) is 2. The monoisotopic (exact) mass is 398 g/mol. The number of nitrogens with zero attached hydrogens (tertiary/aromatic N) is 2. The summed E-state index contributed by atoms with van der Waals surface area (Å²) in [5.74, 6) is 0.804. The van der Waals surface area contributed by atoms with Crippen molar-refractivity contribution in [3.8, 4) is 6.07 Å². The molecule has 0 amide bonds. The number of rotatable bonds is 6. The highest BCUT2D eigenvalue weighted by Crippen LogP contribution is 2.22. The van der Waals surface area contributed by atoms with Crippen molar-refractivity contribution in [3.05, 3.63) is 59.2 Å². The molecule has 0 radical (unpaired) electrons. The van der Waals surface area contributed by atoms with E-state index in [1.165, 1.54) is 36.1 Å². The molecule has 0 atom stereocenters. The number of primary sulfonamides is 1. The van der Waals surface area contributed by atoms with Crippen LogP contribution in [0.15, 0.2) is 47.4 Å². The molecule has 0 aliphatic carbocycles. The fourth-order valence-corrected chi connectivity index (χ4v) is 4.02. The van der Waals surface area contributed by atoms with E-state index < -0.39 is 10.0 Å². The average molecular weight is 399 g/mol. The molecular formula is C21H26N4O2S. The van der Waals surface area contributed by atoms with Crippen molar-refractivity contribution >= 4 is 15.7 Å².